The average molecular weight is 414 g/mol. The van der Waals surface area contributed by atoms with Crippen LogP contribution in [0.4, 0.5) is 0 Å². The lowest BCUT2D eigenvalue weighted by Gasteiger charge is -2.16. The van der Waals surface area contributed by atoms with Crippen LogP contribution in [0.2, 0.25) is 0 Å². The summed E-state index contributed by atoms with van der Waals surface area (Å²) in [4.78, 5) is 25.8. The van der Waals surface area contributed by atoms with E-state index < -0.39 is 0 Å². The normalized spacial score (nSPS) is 16.3. The van der Waals surface area contributed by atoms with Gasteiger partial charge in [0.15, 0.2) is 5.84 Å². The van der Waals surface area contributed by atoms with Crippen molar-refractivity contribution in [3.05, 3.63) is 86.4 Å². The lowest BCUT2D eigenvalue weighted by molar-refractivity contribution is 0.460. The predicted molar refractivity (Wildman–Crippen MR) is 122 cm³/mol. The third-order valence-corrected chi connectivity index (χ3v) is 5.08. The van der Waals surface area contributed by atoms with Gasteiger partial charge >= 0.3 is 5.69 Å². The van der Waals surface area contributed by atoms with Gasteiger partial charge in [-0.05, 0) is 18.6 Å². The molecule has 3 aromatic rings. The third-order valence-electron chi connectivity index (χ3n) is 5.08. The van der Waals surface area contributed by atoms with E-state index in [1.54, 1.807) is 34.0 Å². The number of para-hydroxylation sites is 1. The molecule has 0 saturated carbocycles. The van der Waals surface area contributed by atoms with Crippen LogP contribution in [-0.2, 0) is 13.1 Å². The highest BCUT2D eigenvalue weighted by atomic mass is 16.3. The van der Waals surface area contributed by atoms with Gasteiger partial charge < -0.3 is 15.0 Å². The van der Waals surface area contributed by atoms with E-state index >= 15 is 0 Å². The number of hydrogen-bond donors (Lipinski definition) is 3. The van der Waals surface area contributed by atoms with Gasteiger partial charge in [0, 0.05) is 5.56 Å². The number of aromatic hydroxyl groups is 1. The number of aliphatic imine (C=N–C) groups is 2. The summed E-state index contributed by atoms with van der Waals surface area (Å²) in [7, 11) is 0. The number of hydrogen-bond acceptors (Lipinski definition) is 4. The molecule has 2 aromatic carbocycles. The summed E-state index contributed by atoms with van der Waals surface area (Å²) in [5.74, 6) is 0.557. The van der Waals surface area contributed by atoms with Crippen molar-refractivity contribution in [3.8, 4) is 5.75 Å². The maximum atomic E-state index is 12.7. The zero-order valence-corrected chi connectivity index (χ0v) is 17.0. The first kappa shape index (κ1) is 20.1. The van der Waals surface area contributed by atoms with Crippen molar-refractivity contribution < 1.29 is 5.11 Å². The third kappa shape index (κ3) is 3.95. The lowest BCUT2D eigenvalue weighted by atomic mass is 10.1. The monoisotopic (exact) mass is 414 g/mol. The Hall–Kier alpha value is -4.20. The van der Waals surface area contributed by atoms with E-state index in [4.69, 9.17) is 5.41 Å². The van der Waals surface area contributed by atoms with Crippen molar-refractivity contribution in [2.75, 3.05) is 0 Å². The Bertz CT molecular complexity index is 1380. The standard InChI is InChI=1S/C23H22N6O2/c1-15-6-5-7-17(10-15)11-29-16(2)20(27-23(29)31)21-22(25-13-24)28(14-26-21)12-18-8-3-4-9-19(18)30/h3-10,13-14,24,30H,2,11-12H2,1H3,(H,27,31). The Kier molecular flexibility index (Phi) is 5.36. The number of rotatable bonds is 5. The second-order valence-electron chi connectivity index (χ2n) is 7.26. The maximum absolute atomic E-state index is 12.7. The zero-order chi connectivity index (χ0) is 22.0. The molecule has 2 heterocycles. The SMILES string of the molecule is C=c1c(=C2N=CN(Cc3ccccc3O)C2=NC=N)[nH]c(=O)n1Cc1cccc(C)c1. The second-order valence-corrected chi connectivity index (χ2v) is 7.26. The number of phenols is 1. The van der Waals surface area contributed by atoms with Crippen molar-refractivity contribution in [1.29, 1.82) is 5.41 Å². The molecule has 0 saturated heterocycles. The first-order valence-corrected chi connectivity index (χ1v) is 9.70. The number of H-pyrrole nitrogens is 1. The van der Waals surface area contributed by atoms with Gasteiger partial charge in [0.05, 0.1) is 30.1 Å². The van der Waals surface area contributed by atoms with Gasteiger partial charge in [-0.2, -0.15) is 0 Å². The molecular weight excluding hydrogens is 392 g/mol. The summed E-state index contributed by atoms with van der Waals surface area (Å²) in [5, 5.41) is 18.5. The minimum Gasteiger partial charge on any atom is -0.508 e. The van der Waals surface area contributed by atoms with E-state index in [2.05, 4.69) is 21.5 Å². The number of nitrogens with one attached hydrogen (secondary N) is 2. The summed E-state index contributed by atoms with van der Waals surface area (Å²) in [5.41, 5.74) is 2.92. The molecule has 0 amide bonds. The summed E-state index contributed by atoms with van der Waals surface area (Å²) in [6, 6.07) is 14.9. The van der Waals surface area contributed by atoms with Crippen molar-refractivity contribution in [1.82, 2.24) is 14.5 Å². The fourth-order valence-corrected chi connectivity index (χ4v) is 3.55. The van der Waals surface area contributed by atoms with Crippen molar-refractivity contribution in [3.63, 3.8) is 0 Å². The second kappa shape index (κ2) is 8.27. The molecule has 8 heteroatoms. The molecule has 0 unspecified atom stereocenters. The van der Waals surface area contributed by atoms with Gasteiger partial charge in [-0.1, -0.05) is 54.6 Å². The van der Waals surface area contributed by atoms with Gasteiger partial charge in [-0.3, -0.25) is 9.98 Å². The van der Waals surface area contributed by atoms with Gasteiger partial charge in [-0.25, -0.2) is 14.8 Å². The summed E-state index contributed by atoms with van der Waals surface area (Å²) >= 11 is 0. The molecule has 1 aliphatic rings. The van der Waals surface area contributed by atoms with Crippen molar-refractivity contribution in [2.24, 2.45) is 9.98 Å². The minimum absolute atomic E-state index is 0.161. The molecule has 0 radical (unpaired) electrons. The number of phenolic OH excluding ortho intramolecular Hbond substituents is 1. The number of benzene rings is 2. The molecule has 0 spiro atoms. The molecule has 0 aliphatic carbocycles. The number of aromatic nitrogens is 2. The molecule has 4 rings (SSSR count). The highest BCUT2D eigenvalue weighted by Gasteiger charge is 2.23. The largest absolute Gasteiger partial charge is 0.508 e. The van der Waals surface area contributed by atoms with Crippen molar-refractivity contribution in [2.45, 2.75) is 20.0 Å². The number of amidine groups is 1. The summed E-state index contributed by atoms with van der Waals surface area (Å²) in [6.07, 6.45) is 2.49. The maximum Gasteiger partial charge on any atom is 0.326 e. The highest BCUT2D eigenvalue weighted by Crippen LogP contribution is 2.21. The van der Waals surface area contributed by atoms with Crippen LogP contribution in [0.5, 0.6) is 5.75 Å². The van der Waals surface area contributed by atoms with Crippen LogP contribution in [-0.4, -0.2) is 38.1 Å². The fraction of sp³-hybridized carbons (Fsp3) is 0.130. The van der Waals surface area contributed by atoms with Crippen LogP contribution < -0.4 is 16.4 Å². The quantitative estimate of drug-likeness (QED) is 0.432. The number of imidazole rings is 1. The Morgan fingerprint density at radius 1 is 1.23 bits per heavy atom. The highest BCUT2D eigenvalue weighted by molar-refractivity contribution is 6.25. The molecule has 1 aromatic heterocycles. The Morgan fingerprint density at radius 2 is 2.03 bits per heavy atom. The fourth-order valence-electron chi connectivity index (χ4n) is 3.55. The zero-order valence-electron chi connectivity index (χ0n) is 17.0. The summed E-state index contributed by atoms with van der Waals surface area (Å²) in [6.45, 7) is 6.78. The van der Waals surface area contributed by atoms with Crippen molar-refractivity contribution >= 4 is 30.8 Å². The summed E-state index contributed by atoms with van der Waals surface area (Å²) < 4.78 is 1.56. The molecule has 1 aliphatic heterocycles. The molecule has 0 bridgehead atoms. The predicted octanol–water partition coefficient (Wildman–Crippen LogP) is 1.31. The van der Waals surface area contributed by atoms with Gasteiger partial charge in [-0.15, -0.1) is 0 Å². The van der Waals surface area contributed by atoms with Crippen LogP contribution in [0.1, 0.15) is 16.7 Å². The number of aromatic amines is 1. The van der Waals surface area contributed by atoms with E-state index in [1.807, 2.05) is 37.3 Å². The van der Waals surface area contributed by atoms with E-state index in [0.717, 1.165) is 17.5 Å². The van der Waals surface area contributed by atoms with E-state index in [0.29, 0.717) is 40.9 Å². The molecule has 0 atom stereocenters. The molecule has 156 valence electrons. The molecule has 3 N–H and O–H groups in total. The van der Waals surface area contributed by atoms with Crippen LogP contribution in [0.3, 0.4) is 0 Å². The van der Waals surface area contributed by atoms with E-state index in [-0.39, 0.29) is 11.4 Å². The smallest absolute Gasteiger partial charge is 0.326 e. The lowest BCUT2D eigenvalue weighted by Crippen LogP contribution is -2.35. The Balaban J connectivity index is 1.75. The molecule has 8 nitrogen and oxygen atoms in total. The van der Waals surface area contributed by atoms with Gasteiger partial charge in [0.1, 0.15) is 17.8 Å². The number of aryl methyl sites for hydroxylation is 1. The van der Waals surface area contributed by atoms with Gasteiger partial charge in [0.2, 0.25) is 0 Å². The van der Waals surface area contributed by atoms with E-state index in [9.17, 15) is 9.90 Å². The van der Waals surface area contributed by atoms with Crippen LogP contribution in [0, 0.1) is 12.3 Å². The first-order chi connectivity index (χ1) is 15.0. The van der Waals surface area contributed by atoms with Gasteiger partial charge in [0.25, 0.3) is 0 Å². The number of nitrogens with zero attached hydrogens (tertiary/aromatic N) is 4. The van der Waals surface area contributed by atoms with Crippen LogP contribution in [0.25, 0.3) is 12.3 Å². The average Bonchev–Trinajstić information content (AvgIpc) is 3.25. The van der Waals surface area contributed by atoms with Crippen LogP contribution in [0.15, 0.2) is 63.3 Å². The van der Waals surface area contributed by atoms with Crippen LogP contribution >= 0.6 is 0 Å². The topological polar surface area (TPSA) is 110 Å². The Morgan fingerprint density at radius 3 is 2.77 bits per heavy atom. The first-order valence-electron chi connectivity index (χ1n) is 9.70. The molecular formula is C23H22N6O2. The van der Waals surface area contributed by atoms with E-state index in [1.165, 1.54) is 0 Å². The minimum atomic E-state index is -0.294. The molecule has 31 heavy (non-hydrogen) atoms. The molecule has 0 fully saturated rings. The Labute approximate surface area is 178 Å².